The molecule has 0 aliphatic heterocycles. The van der Waals surface area contributed by atoms with Crippen molar-refractivity contribution in [2.75, 3.05) is 6.54 Å². The van der Waals surface area contributed by atoms with Crippen LogP contribution in [0.15, 0.2) is 30.3 Å². The van der Waals surface area contributed by atoms with Crippen LogP contribution in [0.3, 0.4) is 0 Å². The third-order valence-corrected chi connectivity index (χ3v) is 3.29. The van der Waals surface area contributed by atoms with Crippen LogP contribution in [0.25, 0.3) is 0 Å². The van der Waals surface area contributed by atoms with E-state index in [-0.39, 0.29) is 0 Å². The first-order valence-electron chi connectivity index (χ1n) is 6.65. The van der Waals surface area contributed by atoms with E-state index in [2.05, 4.69) is 36.2 Å². The van der Waals surface area contributed by atoms with Gasteiger partial charge in [-0.05, 0) is 30.9 Å². The number of nitrogens with one attached hydrogen (secondary N) is 1. The van der Waals surface area contributed by atoms with Crippen LogP contribution in [0.5, 0.6) is 0 Å². The zero-order valence-corrected chi connectivity index (χ0v) is 10.6. The van der Waals surface area contributed by atoms with E-state index < -0.39 is 0 Å². The maximum Gasteiger partial charge on any atom is 0.0582 e. The van der Waals surface area contributed by atoms with E-state index in [4.69, 9.17) is 0 Å². The van der Waals surface area contributed by atoms with Gasteiger partial charge in [0.25, 0.3) is 0 Å². The fraction of sp³-hybridized carbons (Fsp3) is 0.500. The fourth-order valence-corrected chi connectivity index (χ4v) is 2.01. The Hall–Kier alpha value is -1.26. The molecule has 1 nitrogen and oxygen atoms in total. The molecule has 1 aromatic carbocycles. The third-order valence-electron chi connectivity index (χ3n) is 3.29. The van der Waals surface area contributed by atoms with E-state index in [0.717, 1.165) is 18.0 Å². The van der Waals surface area contributed by atoms with Gasteiger partial charge in [-0.15, -0.1) is 0 Å². The van der Waals surface area contributed by atoms with Crippen LogP contribution in [0.4, 0.5) is 0 Å². The van der Waals surface area contributed by atoms with Crippen molar-refractivity contribution in [1.29, 1.82) is 0 Å². The molecule has 1 aliphatic carbocycles. The minimum atomic E-state index is 0.660. The zero-order chi connectivity index (χ0) is 11.9. The molecule has 0 radical (unpaired) electrons. The van der Waals surface area contributed by atoms with Crippen molar-refractivity contribution >= 4 is 0 Å². The van der Waals surface area contributed by atoms with Crippen molar-refractivity contribution in [2.45, 2.75) is 38.6 Å². The zero-order valence-electron chi connectivity index (χ0n) is 10.6. The van der Waals surface area contributed by atoms with Gasteiger partial charge in [0, 0.05) is 11.6 Å². The first-order chi connectivity index (χ1) is 8.38. The summed E-state index contributed by atoms with van der Waals surface area (Å²) in [5.41, 5.74) is 1.10. The van der Waals surface area contributed by atoms with E-state index >= 15 is 0 Å². The lowest BCUT2D eigenvalue weighted by molar-refractivity contribution is 0.468. The van der Waals surface area contributed by atoms with Gasteiger partial charge >= 0.3 is 0 Å². The molecular formula is C16H21N. The Bertz CT molecular complexity index is 381. The fourth-order valence-electron chi connectivity index (χ4n) is 2.01. The highest BCUT2D eigenvalue weighted by Crippen LogP contribution is 2.33. The maximum absolute atomic E-state index is 3.54. The molecule has 1 saturated carbocycles. The van der Waals surface area contributed by atoms with Crippen molar-refractivity contribution in [1.82, 2.24) is 5.32 Å². The lowest BCUT2D eigenvalue weighted by Crippen LogP contribution is -2.29. The van der Waals surface area contributed by atoms with Crippen LogP contribution in [-0.2, 0) is 0 Å². The first-order valence-corrected chi connectivity index (χ1v) is 6.65. The van der Waals surface area contributed by atoms with Crippen LogP contribution in [0, 0.1) is 17.8 Å². The summed E-state index contributed by atoms with van der Waals surface area (Å²) in [6, 6.07) is 10.8. The Morgan fingerprint density at radius 3 is 2.71 bits per heavy atom. The number of hydrogen-bond donors (Lipinski definition) is 1. The van der Waals surface area contributed by atoms with Crippen LogP contribution in [-0.4, -0.2) is 12.6 Å². The van der Waals surface area contributed by atoms with Crippen LogP contribution >= 0.6 is 0 Å². The van der Waals surface area contributed by atoms with Gasteiger partial charge in [-0.1, -0.05) is 49.8 Å². The van der Waals surface area contributed by atoms with Gasteiger partial charge in [-0.3, -0.25) is 0 Å². The van der Waals surface area contributed by atoms with Gasteiger partial charge in [0.1, 0.15) is 0 Å². The predicted octanol–water partition coefficient (Wildman–Crippen LogP) is 3.21. The van der Waals surface area contributed by atoms with Crippen molar-refractivity contribution in [3.63, 3.8) is 0 Å². The standard InChI is InChI=1S/C16H21N/c1-2-16(13-15-10-11-15)17-12-6-9-14-7-4-3-5-8-14/h3-5,7-8,15-17H,2,10-13H2,1H3. The topological polar surface area (TPSA) is 12.0 Å². The molecule has 0 aromatic heterocycles. The summed E-state index contributed by atoms with van der Waals surface area (Å²) in [5, 5.41) is 3.54. The third kappa shape index (κ3) is 4.63. The molecule has 1 aliphatic rings. The monoisotopic (exact) mass is 227 g/mol. The molecule has 1 unspecified atom stereocenters. The molecule has 1 aromatic rings. The summed E-state index contributed by atoms with van der Waals surface area (Å²) in [5.74, 6) is 7.37. The summed E-state index contributed by atoms with van der Waals surface area (Å²) < 4.78 is 0. The van der Waals surface area contributed by atoms with E-state index in [9.17, 15) is 0 Å². The molecule has 1 N–H and O–H groups in total. The molecule has 0 heterocycles. The van der Waals surface area contributed by atoms with Crippen LogP contribution in [0.2, 0.25) is 0 Å². The largest absolute Gasteiger partial charge is 0.303 e. The number of benzene rings is 1. The highest BCUT2D eigenvalue weighted by molar-refractivity contribution is 5.33. The molecule has 1 fully saturated rings. The average Bonchev–Trinajstić information content (AvgIpc) is 3.18. The minimum absolute atomic E-state index is 0.660. The second kappa shape index (κ2) is 6.47. The SMILES string of the molecule is CCC(CC1CC1)NCC#Cc1ccccc1. The van der Waals surface area contributed by atoms with Crippen molar-refractivity contribution in [2.24, 2.45) is 5.92 Å². The highest BCUT2D eigenvalue weighted by Gasteiger charge is 2.24. The van der Waals surface area contributed by atoms with E-state index in [1.165, 1.54) is 25.7 Å². The molecule has 17 heavy (non-hydrogen) atoms. The predicted molar refractivity (Wildman–Crippen MR) is 72.7 cm³/mol. The summed E-state index contributed by atoms with van der Waals surface area (Å²) in [6.45, 7) is 3.06. The lowest BCUT2D eigenvalue weighted by Gasteiger charge is -2.14. The van der Waals surface area contributed by atoms with Crippen LogP contribution < -0.4 is 5.32 Å². The van der Waals surface area contributed by atoms with E-state index in [1.54, 1.807) is 0 Å². The molecule has 0 bridgehead atoms. The quantitative estimate of drug-likeness (QED) is 0.762. The first kappa shape index (κ1) is 12.2. The summed E-state index contributed by atoms with van der Waals surface area (Å²) >= 11 is 0. The van der Waals surface area contributed by atoms with Crippen LogP contribution in [0.1, 0.15) is 38.2 Å². The van der Waals surface area contributed by atoms with Gasteiger partial charge in [0.15, 0.2) is 0 Å². The Morgan fingerprint density at radius 2 is 2.06 bits per heavy atom. The average molecular weight is 227 g/mol. The summed E-state index contributed by atoms with van der Waals surface area (Å²) in [4.78, 5) is 0. The van der Waals surface area contributed by atoms with E-state index in [0.29, 0.717) is 6.04 Å². The Balaban J connectivity index is 1.72. The molecule has 0 saturated heterocycles. The van der Waals surface area contributed by atoms with E-state index in [1.807, 2.05) is 18.2 Å². The van der Waals surface area contributed by atoms with Gasteiger partial charge in [0.2, 0.25) is 0 Å². The highest BCUT2D eigenvalue weighted by atomic mass is 14.9. The summed E-state index contributed by atoms with van der Waals surface area (Å²) in [6.07, 6.45) is 5.43. The van der Waals surface area contributed by atoms with Crippen molar-refractivity contribution in [3.05, 3.63) is 35.9 Å². The molecule has 0 spiro atoms. The van der Waals surface area contributed by atoms with Gasteiger partial charge in [-0.2, -0.15) is 0 Å². The molecule has 0 amide bonds. The Morgan fingerprint density at radius 1 is 1.29 bits per heavy atom. The molecule has 90 valence electrons. The molecule has 1 heteroatoms. The van der Waals surface area contributed by atoms with Crippen molar-refractivity contribution < 1.29 is 0 Å². The Kier molecular flexibility index (Phi) is 4.64. The number of rotatable bonds is 5. The maximum atomic E-state index is 3.54. The second-order valence-corrected chi connectivity index (χ2v) is 4.83. The normalized spacial score (nSPS) is 16.1. The van der Waals surface area contributed by atoms with Crippen molar-refractivity contribution in [3.8, 4) is 11.8 Å². The lowest BCUT2D eigenvalue weighted by atomic mass is 10.1. The minimum Gasteiger partial charge on any atom is -0.303 e. The van der Waals surface area contributed by atoms with Gasteiger partial charge in [0.05, 0.1) is 6.54 Å². The van der Waals surface area contributed by atoms with Gasteiger partial charge in [-0.25, -0.2) is 0 Å². The summed E-state index contributed by atoms with van der Waals surface area (Å²) in [7, 11) is 0. The molecule has 2 rings (SSSR count). The Labute approximate surface area is 105 Å². The smallest absolute Gasteiger partial charge is 0.0582 e. The van der Waals surface area contributed by atoms with Gasteiger partial charge < -0.3 is 5.32 Å². The molecule has 1 atom stereocenters. The molecular weight excluding hydrogens is 206 g/mol. The second-order valence-electron chi connectivity index (χ2n) is 4.83. The number of hydrogen-bond acceptors (Lipinski definition) is 1.